The molecule has 0 aromatic heterocycles. The van der Waals surface area contributed by atoms with Crippen LogP contribution in [0, 0.1) is 0 Å². The third kappa shape index (κ3) is 6.28. The van der Waals surface area contributed by atoms with E-state index >= 15 is 0 Å². The first-order valence-electron chi connectivity index (χ1n) is 7.24. The SMILES string of the molecule is c1ccc(CC[CH2][Sn][CH2]CCc2ccccc2)cc1. The molecular weight excluding hydrogens is 335 g/mol. The van der Waals surface area contributed by atoms with Crippen molar-refractivity contribution in [2.75, 3.05) is 0 Å². The van der Waals surface area contributed by atoms with Gasteiger partial charge in [-0.2, -0.15) is 0 Å². The van der Waals surface area contributed by atoms with E-state index in [1.165, 1.54) is 45.7 Å². The zero-order chi connectivity index (χ0) is 13.2. The number of rotatable bonds is 8. The van der Waals surface area contributed by atoms with E-state index in [0.717, 1.165) is 0 Å². The van der Waals surface area contributed by atoms with Crippen LogP contribution in [0.4, 0.5) is 0 Å². The molecule has 0 aliphatic rings. The van der Waals surface area contributed by atoms with E-state index in [2.05, 4.69) is 60.7 Å². The molecule has 0 nitrogen and oxygen atoms in total. The van der Waals surface area contributed by atoms with Crippen LogP contribution in [0.3, 0.4) is 0 Å². The van der Waals surface area contributed by atoms with Crippen LogP contribution in [0.15, 0.2) is 60.7 Å². The summed E-state index contributed by atoms with van der Waals surface area (Å²) in [6.07, 6.45) is 5.36. The van der Waals surface area contributed by atoms with Gasteiger partial charge in [-0.15, -0.1) is 0 Å². The first kappa shape index (κ1) is 14.6. The summed E-state index contributed by atoms with van der Waals surface area (Å²) in [4.78, 5) is 0. The van der Waals surface area contributed by atoms with Crippen LogP contribution < -0.4 is 0 Å². The van der Waals surface area contributed by atoms with Crippen LogP contribution >= 0.6 is 0 Å². The summed E-state index contributed by atoms with van der Waals surface area (Å²) >= 11 is -0.0882. The number of hydrogen-bond donors (Lipinski definition) is 0. The summed E-state index contributed by atoms with van der Waals surface area (Å²) in [5.41, 5.74) is 3.01. The molecule has 0 amide bonds. The Morgan fingerprint density at radius 2 is 1.00 bits per heavy atom. The third-order valence-corrected chi connectivity index (χ3v) is 7.36. The molecule has 0 aliphatic carbocycles. The van der Waals surface area contributed by atoms with Gasteiger partial charge in [0.1, 0.15) is 0 Å². The molecule has 19 heavy (non-hydrogen) atoms. The van der Waals surface area contributed by atoms with Gasteiger partial charge in [0.25, 0.3) is 0 Å². The Labute approximate surface area is 127 Å². The number of benzene rings is 2. The molecular formula is C18H22Sn. The topological polar surface area (TPSA) is 0 Å². The van der Waals surface area contributed by atoms with Crippen LogP contribution in [0.2, 0.25) is 8.87 Å². The van der Waals surface area contributed by atoms with Crippen LogP contribution in [0.5, 0.6) is 0 Å². The molecule has 2 aromatic rings. The predicted molar refractivity (Wildman–Crippen MR) is 84.9 cm³/mol. The molecule has 2 radical (unpaired) electrons. The zero-order valence-corrected chi connectivity index (χ0v) is 14.4. The molecule has 1 heteroatoms. The minimum atomic E-state index is -0.0882. The van der Waals surface area contributed by atoms with Crippen LogP contribution in [0.1, 0.15) is 24.0 Å². The zero-order valence-electron chi connectivity index (χ0n) is 11.5. The van der Waals surface area contributed by atoms with Crippen molar-refractivity contribution in [2.24, 2.45) is 0 Å². The maximum absolute atomic E-state index is 2.25. The molecule has 2 aromatic carbocycles. The van der Waals surface area contributed by atoms with Gasteiger partial charge in [-0.25, -0.2) is 0 Å². The Hall–Kier alpha value is -0.761. The van der Waals surface area contributed by atoms with Crippen molar-refractivity contribution >= 4 is 21.1 Å². The van der Waals surface area contributed by atoms with E-state index in [0.29, 0.717) is 0 Å². The molecule has 0 heterocycles. The van der Waals surface area contributed by atoms with E-state index in [1.54, 1.807) is 0 Å². The van der Waals surface area contributed by atoms with Crippen molar-refractivity contribution in [1.29, 1.82) is 0 Å². The van der Waals surface area contributed by atoms with Crippen molar-refractivity contribution in [3.8, 4) is 0 Å². The van der Waals surface area contributed by atoms with E-state index < -0.39 is 0 Å². The van der Waals surface area contributed by atoms with Gasteiger partial charge in [0, 0.05) is 0 Å². The minimum absolute atomic E-state index is 0.0882. The molecule has 0 spiro atoms. The molecule has 0 N–H and O–H groups in total. The second kappa shape index (κ2) is 9.19. The molecule has 0 bridgehead atoms. The number of hydrogen-bond acceptors (Lipinski definition) is 0. The Kier molecular flexibility index (Phi) is 7.08. The van der Waals surface area contributed by atoms with Crippen LogP contribution in [0.25, 0.3) is 0 Å². The average Bonchev–Trinajstić information content (AvgIpc) is 2.48. The monoisotopic (exact) mass is 358 g/mol. The third-order valence-electron chi connectivity index (χ3n) is 3.32. The number of aryl methyl sites for hydroxylation is 2. The fourth-order valence-corrected chi connectivity index (χ4v) is 5.40. The first-order valence-corrected chi connectivity index (χ1v) is 11.3. The molecule has 0 atom stereocenters. The summed E-state index contributed by atoms with van der Waals surface area (Å²) in [7, 11) is 0. The summed E-state index contributed by atoms with van der Waals surface area (Å²) in [5.74, 6) is 0. The first-order chi connectivity index (χ1) is 9.45. The van der Waals surface area contributed by atoms with Gasteiger partial charge < -0.3 is 0 Å². The predicted octanol–water partition coefficient (Wildman–Crippen LogP) is 4.79. The molecule has 0 saturated heterocycles. The van der Waals surface area contributed by atoms with E-state index in [9.17, 15) is 0 Å². The fraction of sp³-hybridized carbons (Fsp3) is 0.333. The van der Waals surface area contributed by atoms with Crippen molar-refractivity contribution < 1.29 is 0 Å². The van der Waals surface area contributed by atoms with Crippen LogP contribution in [-0.4, -0.2) is 21.1 Å². The quantitative estimate of drug-likeness (QED) is 0.471. The molecule has 0 unspecified atom stereocenters. The van der Waals surface area contributed by atoms with Crippen molar-refractivity contribution in [1.82, 2.24) is 0 Å². The van der Waals surface area contributed by atoms with E-state index in [1.807, 2.05) is 0 Å². The summed E-state index contributed by atoms with van der Waals surface area (Å²) in [6.45, 7) is 0. The summed E-state index contributed by atoms with van der Waals surface area (Å²) in [5, 5.41) is 0. The fourth-order valence-electron chi connectivity index (χ4n) is 2.25. The summed E-state index contributed by atoms with van der Waals surface area (Å²) < 4.78 is 3.07. The van der Waals surface area contributed by atoms with Crippen molar-refractivity contribution in [3.63, 3.8) is 0 Å². The Bertz CT molecular complexity index is 392. The van der Waals surface area contributed by atoms with E-state index in [-0.39, 0.29) is 21.1 Å². The van der Waals surface area contributed by atoms with Gasteiger partial charge in [0.05, 0.1) is 0 Å². The average molecular weight is 357 g/mol. The van der Waals surface area contributed by atoms with Gasteiger partial charge in [0.15, 0.2) is 0 Å². The second-order valence-electron chi connectivity index (χ2n) is 4.93. The Morgan fingerprint density at radius 1 is 0.579 bits per heavy atom. The Balaban J connectivity index is 1.49. The normalized spacial score (nSPS) is 10.5. The van der Waals surface area contributed by atoms with Crippen molar-refractivity contribution in [3.05, 3.63) is 71.8 Å². The Morgan fingerprint density at radius 3 is 1.42 bits per heavy atom. The second-order valence-corrected chi connectivity index (χ2v) is 9.21. The standard InChI is InChI=1S/2C9H11.Sn/c2*1-2-6-9-7-4-3-5-8-9;/h2*3-5,7-8H,1-2,6H2;. The van der Waals surface area contributed by atoms with Gasteiger partial charge in [-0.05, 0) is 0 Å². The van der Waals surface area contributed by atoms with Gasteiger partial charge in [-0.3, -0.25) is 0 Å². The van der Waals surface area contributed by atoms with Crippen molar-refractivity contribution in [2.45, 2.75) is 34.6 Å². The molecule has 0 fully saturated rings. The van der Waals surface area contributed by atoms with Crippen LogP contribution in [-0.2, 0) is 12.8 Å². The molecule has 0 saturated carbocycles. The summed E-state index contributed by atoms with van der Waals surface area (Å²) in [6, 6.07) is 21.8. The molecule has 0 aliphatic heterocycles. The van der Waals surface area contributed by atoms with Gasteiger partial charge >= 0.3 is 127 Å². The molecule has 98 valence electrons. The molecule has 2 rings (SSSR count). The van der Waals surface area contributed by atoms with Gasteiger partial charge in [-0.1, -0.05) is 0 Å². The maximum atomic E-state index is 2.25. The van der Waals surface area contributed by atoms with Gasteiger partial charge in [0.2, 0.25) is 0 Å². The van der Waals surface area contributed by atoms with E-state index in [4.69, 9.17) is 0 Å².